The van der Waals surface area contributed by atoms with E-state index in [2.05, 4.69) is 0 Å². The Balaban J connectivity index is 0. The summed E-state index contributed by atoms with van der Waals surface area (Å²) in [6.45, 7) is 0. The Morgan fingerprint density at radius 3 is 2.18 bits per heavy atom. The number of carbonyl (C=O) groups excluding carboxylic acids is 1. The third kappa shape index (κ3) is 5.15. The molecule has 0 aromatic heterocycles. The molecule has 0 bridgehead atoms. The molecular weight excluding hydrogens is 254 g/mol. The summed E-state index contributed by atoms with van der Waals surface area (Å²) in [6.07, 6.45) is 2.24. The van der Waals surface area contributed by atoms with E-state index in [1.807, 2.05) is 36.6 Å². The number of benzene rings is 1. The summed E-state index contributed by atoms with van der Waals surface area (Å²) in [5.74, 6) is 0. The molecule has 1 rings (SSSR count). The second kappa shape index (κ2) is 7.94. The van der Waals surface area contributed by atoms with Gasteiger partial charge >= 0.3 is 0 Å². The maximum absolute atomic E-state index is 9.85. The molecule has 11 heavy (non-hydrogen) atoms. The maximum atomic E-state index is 9.85. The van der Waals surface area contributed by atoms with E-state index in [0.717, 1.165) is 5.56 Å². The summed E-state index contributed by atoms with van der Waals surface area (Å²) < 4.78 is 0. The van der Waals surface area contributed by atoms with Crippen LogP contribution in [0.15, 0.2) is 30.3 Å². The standard InChI is InChI=1S/C8H7O.ClH.Pd/c9-7-6-8-4-2-1-3-5-8;;/h1-5H,6H2;1H;/p-1. The number of halogens is 1. The molecule has 0 unspecified atom stereocenters. The molecule has 63 valence electrons. The molecule has 0 amide bonds. The average Bonchev–Trinajstić information content (AvgIpc) is 1.91. The predicted octanol–water partition coefficient (Wildman–Crippen LogP) is -1.66. The second-order valence-electron chi connectivity index (χ2n) is 1.81. The van der Waals surface area contributed by atoms with Crippen molar-refractivity contribution in [3.05, 3.63) is 35.9 Å². The molecule has 0 fully saturated rings. The zero-order valence-electron chi connectivity index (χ0n) is 5.70. The first-order chi connectivity index (χ1) is 4.43. The van der Waals surface area contributed by atoms with Crippen molar-refractivity contribution in [2.75, 3.05) is 0 Å². The molecule has 1 nitrogen and oxygen atoms in total. The van der Waals surface area contributed by atoms with E-state index in [9.17, 15) is 4.79 Å². The van der Waals surface area contributed by atoms with E-state index in [0.29, 0.717) is 6.42 Å². The van der Waals surface area contributed by atoms with Gasteiger partial charge in [-0.15, -0.1) is 0 Å². The summed E-state index contributed by atoms with van der Waals surface area (Å²) in [7, 11) is 0. The smallest absolute Gasteiger partial charge is 0.203 e. The van der Waals surface area contributed by atoms with Crippen LogP contribution in [0, 0.1) is 0 Å². The monoisotopic (exact) mass is 260 g/mol. The van der Waals surface area contributed by atoms with Gasteiger partial charge in [0.25, 0.3) is 0 Å². The van der Waals surface area contributed by atoms with E-state index in [-0.39, 0.29) is 32.8 Å². The van der Waals surface area contributed by atoms with Gasteiger partial charge in [-0.25, -0.2) is 0 Å². The summed E-state index contributed by atoms with van der Waals surface area (Å²) in [5, 5.41) is 0. The van der Waals surface area contributed by atoms with Crippen LogP contribution in [0.4, 0.5) is 0 Å². The second-order valence-corrected chi connectivity index (χ2v) is 1.81. The molecule has 0 atom stereocenters. The minimum absolute atomic E-state index is 0. The van der Waals surface area contributed by atoms with E-state index in [1.54, 1.807) is 0 Å². The normalized spacial score (nSPS) is 7.27. The van der Waals surface area contributed by atoms with Crippen molar-refractivity contribution >= 4 is 6.29 Å². The van der Waals surface area contributed by atoms with Crippen molar-refractivity contribution in [1.29, 1.82) is 0 Å². The number of hydrogen-bond acceptors (Lipinski definition) is 1. The SMILES string of the molecule is O=[C]Cc1ccccc1.[Cl-].[Pd]. The van der Waals surface area contributed by atoms with Gasteiger partial charge in [0.05, 0.1) is 0 Å². The van der Waals surface area contributed by atoms with Crippen LogP contribution >= 0.6 is 0 Å². The van der Waals surface area contributed by atoms with Crippen molar-refractivity contribution in [2.24, 2.45) is 0 Å². The molecule has 0 aliphatic rings. The van der Waals surface area contributed by atoms with Gasteiger partial charge in [0, 0.05) is 26.8 Å². The Labute approximate surface area is 86.3 Å². The van der Waals surface area contributed by atoms with Crippen molar-refractivity contribution < 1.29 is 37.6 Å². The van der Waals surface area contributed by atoms with Gasteiger partial charge in [-0.05, 0) is 5.56 Å². The molecule has 1 radical (unpaired) electrons. The molecule has 3 heteroatoms. The number of rotatable bonds is 2. The molecule has 1 aromatic carbocycles. The van der Waals surface area contributed by atoms with Crippen molar-refractivity contribution in [3.63, 3.8) is 0 Å². The fourth-order valence-electron chi connectivity index (χ4n) is 0.679. The van der Waals surface area contributed by atoms with Crippen LogP contribution in [-0.4, -0.2) is 6.29 Å². The molecule has 0 aliphatic carbocycles. The Morgan fingerprint density at radius 1 is 1.18 bits per heavy atom. The molecule has 0 spiro atoms. The molecule has 1 aromatic rings. The Morgan fingerprint density at radius 2 is 1.73 bits per heavy atom. The third-order valence-electron chi connectivity index (χ3n) is 1.12. The Hall–Kier alpha value is -0.158. The summed E-state index contributed by atoms with van der Waals surface area (Å²) in [5.41, 5.74) is 1.02. The first kappa shape index (κ1) is 13.4. The third-order valence-corrected chi connectivity index (χ3v) is 1.12. The Bertz CT molecular complexity index is 189. The fourth-order valence-corrected chi connectivity index (χ4v) is 0.679. The topological polar surface area (TPSA) is 17.1 Å². The van der Waals surface area contributed by atoms with Crippen LogP contribution in [0.5, 0.6) is 0 Å². The quantitative estimate of drug-likeness (QED) is 0.582. The molecular formula is C8H7ClOPd-. The van der Waals surface area contributed by atoms with Gasteiger partial charge in [-0.3, -0.25) is 4.79 Å². The minimum Gasteiger partial charge on any atom is -1.00 e. The molecule has 0 N–H and O–H groups in total. The molecule has 0 saturated carbocycles. The van der Waals surface area contributed by atoms with Crippen LogP contribution in [0.2, 0.25) is 0 Å². The largest absolute Gasteiger partial charge is 1.00 e. The van der Waals surface area contributed by atoms with Gasteiger partial charge in [0.2, 0.25) is 6.29 Å². The van der Waals surface area contributed by atoms with Gasteiger partial charge < -0.3 is 12.4 Å². The van der Waals surface area contributed by atoms with Gasteiger partial charge in [-0.2, -0.15) is 0 Å². The summed E-state index contributed by atoms with van der Waals surface area (Å²) in [6, 6.07) is 9.56. The van der Waals surface area contributed by atoms with E-state index in [1.165, 1.54) is 0 Å². The first-order valence-electron chi connectivity index (χ1n) is 2.82. The van der Waals surface area contributed by atoms with Crippen molar-refractivity contribution in [1.82, 2.24) is 0 Å². The van der Waals surface area contributed by atoms with Gasteiger partial charge in [0.15, 0.2) is 0 Å². The summed E-state index contributed by atoms with van der Waals surface area (Å²) in [4.78, 5) is 9.85. The zero-order chi connectivity index (χ0) is 6.53. The summed E-state index contributed by atoms with van der Waals surface area (Å²) >= 11 is 0. The van der Waals surface area contributed by atoms with E-state index in [4.69, 9.17) is 0 Å². The van der Waals surface area contributed by atoms with Crippen molar-refractivity contribution in [3.8, 4) is 0 Å². The van der Waals surface area contributed by atoms with Crippen LogP contribution in [0.3, 0.4) is 0 Å². The maximum Gasteiger partial charge on any atom is 0.203 e. The van der Waals surface area contributed by atoms with E-state index < -0.39 is 0 Å². The molecule has 0 saturated heterocycles. The van der Waals surface area contributed by atoms with Crippen LogP contribution < -0.4 is 12.4 Å². The van der Waals surface area contributed by atoms with E-state index >= 15 is 0 Å². The van der Waals surface area contributed by atoms with Crippen LogP contribution in [0.25, 0.3) is 0 Å². The average molecular weight is 261 g/mol. The van der Waals surface area contributed by atoms with Crippen LogP contribution in [-0.2, 0) is 31.6 Å². The fraction of sp³-hybridized carbons (Fsp3) is 0.125. The zero-order valence-corrected chi connectivity index (χ0v) is 8.01. The first-order valence-corrected chi connectivity index (χ1v) is 2.82. The van der Waals surface area contributed by atoms with Gasteiger partial charge in [-0.1, -0.05) is 30.3 Å². The molecule has 0 aliphatic heterocycles. The van der Waals surface area contributed by atoms with Crippen molar-refractivity contribution in [2.45, 2.75) is 6.42 Å². The minimum atomic E-state index is 0. The Kier molecular flexibility index (Phi) is 9.70. The van der Waals surface area contributed by atoms with Crippen LogP contribution in [0.1, 0.15) is 5.56 Å². The predicted molar refractivity (Wildman–Crippen MR) is 35.8 cm³/mol. The molecule has 0 heterocycles. The van der Waals surface area contributed by atoms with Gasteiger partial charge in [0.1, 0.15) is 0 Å². The number of hydrogen-bond donors (Lipinski definition) is 0.